The standard InChI is InChI=1S/C25H19FN4O2S/c26-17-8-12-19(13-9-17)30-23(22(28-25(30)33)20-4-1-2-14-27-20)21-5-3-15-29(21)18-10-6-16(7-11-18)24(31)32/h1-15,22-23H,(H,28,33)(H,31,32)/t22-,23-/m1/s1. The fraction of sp³-hybridized carbons (Fsp3) is 0.0800. The maximum atomic E-state index is 13.6. The molecular formula is C25H19FN4O2S. The van der Waals surface area contributed by atoms with Crippen molar-refractivity contribution in [1.82, 2.24) is 14.9 Å². The minimum absolute atomic E-state index is 0.218. The zero-order chi connectivity index (χ0) is 22.9. The van der Waals surface area contributed by atoms with Gasteiger partial charge in [0.25, 0.3) is 0 Å². The van der Waals surface area contributed by atoms with Crippen molar-refractivity contribution >= 4 is 29.0 Å². The SMILES string of the molecule is O=C(O)c1ccc(-n2cccc2[C@@H]2[C@@H](c3ccccn3)NC(=S)N2c2ccc(F)cc2)cc1. The number of anilines is 1. The lowest BCUT2D eigenvalue weighted by Crippen LogP contribution is -2.30. The highest BCUT2D eigenvalue weighted by Gasteiger charge is 2.42. The Labute approximate surface area is 194 Å². The third kappa shape index (κ3) is 3.85. The van der Waals surface area contributed by atoms with Crippen LogP contribution in [0.25, 0.3) is 5.69 Å². The molecule has 2 aromatic heterocycles. The highest BCUT2D eigenvalue weighted by atomic mass is 32.1. The van der Waals surface area contributed by atoms with Gasteiger partial charge >= 0.3 is 5.97 Å². The van der Waals surface area contributed by atoms with Crippen molar-refractivity contribution in [3.8, 4) is 5.69 Å². The van der Waals surface area contributed by atoms with Crippen LogP contribution in [0.15, 0.2) is 91.3 Å². The number of hydrogen-bond acceptors (Lipinski definition) is 3. The van der Waals surface area contributed by atoms with E-state index in [-0.39, 0.29) is 23.5 Å². The number of nitrogens with zero attached hydrogens (tertiary/aromatic N) is 3. The van der Waals surface area contributed by atoms with Crippen LogP contribution in [0.5, 0.6) is 0 Å². The molecule has 1 aliphatic rings. The van der Waals surface area contributed by atoms with Gasteiger partial charge in [0.2, 0.25) is 0 Å². The molecule has 0 spiro atoms. The molecule has 164 valence electrons. The largest absolute Gasteiger partial charge is 0.478 e. The number of aromatic carboxylic acids is 1. The second-order valence-corrected chi connectivity index (χ2v) is 8.01. The average molecular weight is 459 g/mol. The molecule has 33 heavy (non-hydrogen) atoms. The van der Waals surface area contributed by atoms with Crippen LogP contribution in [0.1, 0.15) is 33.8 Å². The summed E-state index contributed by atoms with van der Waals surface area (Å²) >= 11 is 5.71. The van der Waals surface area contributed by atoms with Crippen molar-refractivity contribution < 1.29 is 14.3 Å². The fourth-order valence-corrected chi connectivity index (χ4v) is 4.52. The van der Waals surface area contributed by atoms with Gasteiger partial charge in [0, 0.05) is 29.5 Å². The monoisotopic (exact) mass is 458 g/mol. The molecule has 0 aliphatic carbocycles. The molecule has 0 unspecified atom stereocenters. The molecule has 0 bridgehead atoms. The maximum absolute atomic E-state index is 13.6. The van der Waals surface area contributed by atoms with Gasteiger partial charge in [-0.15, -0.1) is 0 Å². The van der Waals surface area contributed by atoms with Gasteiger partial charge in [0.05, 0.1) is 17.3 Å². The quantitative estimate of drug-likeness (QED) is 0.415. The highest BCUT2D eigenvalue weighted by molar-refractivity contribution is 7.80. The second-order valence-electron chi connectivity index (χ2n) is 7.63. The molecule has 2 aromatic carbocycles. The van der Waals surface area contributed by atoms with Crippen LogP contribution < -0.4 is 10.2 Å². The lowest BCUT2D eigenvalue weighted by molar-refractivity contribution is 0.0697. The summed E-state index contributed by atoms with van der Waals surface area (Å²) in [5.74, 6) is -1.30. The van der Waals surface area contributed by atoms with Gasteiger partial charge in [0.15, 0.2) is 5.11 Å². The van der Waals surface area contributed by atoms with E-state index >= 15 is 0 Å². The van der Waals surface area contributed by atoms with Gasteiger partial charge in [-0.05, 0) is 85.0 Å². The topological polar surface area (TPSA) is 70.4 Å². The first-order valence-corrected chi connectivity index (χ1v) is 10.7. The highest BCUT2D eigenvalue weighted by Crippen LogP contribution is 2.42. The number of pyridine rings is 1. The number of carbonyl (C=O) groups is 1. The van der Waals surface area contributed by atoms with E-state index in [0.29, 0.717) is 5.11 Å². The number of aromatic nitrogens is 2. The molecule has 4 aromatic rings. The van der Waals surface area contributed by atoms with Gasteiger partial charge < -0.3 is 19.9 Å². The number of thiocarbonyl (C=S) groups is 1. The van der Waals surface area contributed by atoms with Gasteiger partial charge in [-0.2, -0.15) is 0 Å². The molecule has 2 atom stereocenters. The molecule has 1 saturated heterocycles. The van der Waals surface area contributed by atoms with E-state index in [9.17, 15) is 14.3 Å². The van der Waals surface area contributed by atoms with Crippen molar-refractivity contribution in [2.45, 2.75) is 12.1 Å². The van der Waals surface area contributed by atoms with Crippen molar-refractivity contribution in [3.05, 3.63) is 114 Å². The number of carboxylic acid groups (broad SMARTS) is 1. The Morgan fingerprint density at radius 1 is 0.970 bits per heavy atom. The predicted molar refractivity (Wildman–Crippen MR) is 127 cm³/mol. The van der Waals surface area contributed by atoms with Gasteiger partial charge in [-0.1, -0.05) is 6.07 Å². The second kappa shape index (κ2) is 8.48. The number of benzene rings is 2. The minimum atomic E-state index is -0.975. The number of halogens is 1. The molecule has 1 aliphatic heterocycles. The number of rotatable bonds is 5. The van der Waals surface area contributed by atoms with E-state index in [1.807, 2.05) is 46.0 Å². The number of nitrogens with one attached hydrogen (secondary N) is 1. The zero-order valence-electron chi connectivity index (χ0n) is 17.3. The van der Waals surface area contributed by atoms with Crippen molar-refractivity contribution in [1.29, 1.82) is 0 Å². The van der Waals surface area contributed by atoms with E-state index in [2.05, 4.69) is 10.3 Å². The molecule has 3 heterocycles. The maximum Gasteiger partial charge on any atom is 0.335 e. The molecule has 8 heteroatoms. The summed E-state index contributed by atoms with van der Waals surface area (Å²) in [6.07, 6.45) is 3.66. The lowest BCUT2D eigenvalue weighted by Gasteiger charge is -2.29. The summed E-state index contributed by atoms with van der Waals surface area (Å²) in [5.41, 5.74) is 3.53. The van der Waals surface area contributed by atoms with Gasteiger partial charge in [0.1, 0.15) is 11.9 Å². The molecule has 6 nitrogen and oxygen atoms in total. The minimum Gasteiger partial charge on any atom is -0.478 e. The van der Waals surface area contributed by atoms with E-state index in [4.69, 9.17) is 12.2 Å². The van der Waals surface area contributed by atoms with Crippen molar-refractivity contribution in [2.75, 3.05) is 4.90 Å². The van der Waals surface area contributed by atoms with Gasteiger partial charge in [-0.3, -0.25) is 4.98 Å². The van der Waals surface area contributed by atoms with Gasteiger partial charge in [-0.25, -0.2) is 9.18 Å². The molecule has 5 rings (SSSR count). The van der Waals surface area contributed by atoms with E-state index in [1.54, 1.807) is 42.6 Å². The van der Waals surface area contributed by atoms with Crippen molar-refractivity contribution in [3.63, 3.8) is 0 Å². The Balaban J connectivity index is 1.63. The lowest BCUT2D eigenvalue weighted by atomic mass is 10.0. The first-order valence-electron chi connectivity index (χ1n) is 10.3. The summed E-state index contributed by atoms with van der Waals surface area (Å²) in [5, 5.41) is 13.1. The Morgan fingerprint density at radius 3 is 2.36 bits per heavy atom. The fourth-order valence-electron chi connectivity index (χ4n) is 4.17. The number of hydrogen-bond donors (Lipinski definition) is 2. The van der Waals surface area contributed by atoms with Crippen LogP contribution in [0.2, 0.25) is 0 Å². The zero-order valence-corrected chi connectivity index (χ0v) is 18.1. The first-order chi connectivity index (χ1) is 16.0. The van der Waals surface area contributed by atoms with E-state index in [1.165, 1.54) is 12.1 Å². The first kappa shape index (κ1) is 20.8. The van der Waals surface area contributed by atoms with Crippen LogP contribution >= 0.6 is 12.2 Å². The van der Waals surface area contributed by atoms with Crippen LogP contribution in [0, 0.1) is 5.82 Å². The molecule has 0 amide bonds. The van der Waals surface area contributed by atoms with Crippen LogP contribution in [-0.2, 0) is 0 Å². The Hall–Kier alpha value is -4.04. The molecule has 2 N–H and O–H groups in total. The summed E-state index contributed by atoms with van der Waals surface area (Å²) in [6, 6.07) is 22.0. The predicted octanol–water partition coefficient (Wildman–Crippen LogP) is 4.89. The molecular weight excluding hydrogens is 439 g/mol. The molecule has 0 radical (unpaired) electrons. The van der Waals surface area contributed by atoms with E-state index in [0.717, 1.165) is 22.8 Å². The normalized spacial score (nSPS) is 17.7. The Bertz CT molecular complexity index is 1310. The Morgan fingerprint density at radius 2 is 1.70 bits per heavy atom. The average Bonchev–Trinajstić information content (AvgIpc) is 3.44. The summed E-state index contributed by atoms with van der Waals surface area (Å²) in [4.78, 5) is 17.8. The van der Waals surface area contributed by atoms with Crippen molar-refractivity contribution in [2.24, 2.45) is 0 Å². The third-order valence-electron chi connectivity index (χ3n) is 5.68. The third-order valence-corrected chi connectivity index (χ3v) is 5.99. The summed E-state index contributed by atoms with van der Waals surface area (Å²) in [6.45, 7) is 0. The smallest absolute Gasteiger partial charge is 0.335 e. The Kier molecular flexibility index (Phi) is 5.35. The van der Waals surface area contributed by atoms with E-state index < -0.39 is 5.97 Å². The van der Waals surface area contributed by atoms with Crippen LogP contribution in [-0.4, -0.2) is 25.7 Å². The van der Waals surface area contributed by atoms with Crippen LogP contribution in [0.4, 0.5) is 10.1 Å². The molecule has 1 fully saturated rings. The van der Waals surface area contributed by atoms with Crippen LogP contribution in [0.3, 0.4) is 0 Å². The summed E-state index contributed by atoms with van der Waals surface area (Å²) < 4.78 is 15.6. The molecule has 0 saturated carbocycles. The number of carboxylic acids is 1. The summed E-state index contributed by atoms with van der Waals surface area (Å²) in [7, 11) is 0.